The van der Waals surface area contributed by atoms with E-state index in [1.54, 1.807) is 12.1 Å². The third-order valence-electron chi connectivity index (χ3n) is 7.01. The molecule has 0 unspecified atom stereocenters. The van der Waals surface area contributed by atoms with Crippen molar-refractivity contribution >= 4 is 37.9 Å². The summed E-state index contributed by atoms with van der Waals surface area (Å²) in [7, 11) is -1.82. The highest BCUT2D eigenvalue weighted by molar-refractivity contribution is 7.90. The Morgan fingerprint density at radius 1 is 0.757 bits per heavy atom. The number of benzene rings is 4. The zero-order chi connectivity index (χ0) is 25.4. The van der Waals surface area contributed by atoms with Gasteiger partial charge in [-0.1, -0.05) is 78.9 Å². The van der Waals surface area contributed by atoms with Gasteiger partial charge in [-0.25, -0.2) is 12.4 Å². The number of hydrazone groups is 1. The van der Waals surface area contributed by atoms with Crippen LogP contribution in [0.4, 0.5) is 0 Å². The van der Waals surface area contributed by atoms with Crippen LogP contribution >= 0.6 is 0 Å². The van der Waals surface area contributed by atoms with Crippen LogP contribution in [-0.4, -0.2) is 61.7 Å². The fourth-order valence-corrected chi connectivity index (χ4v) is 6.56. The predicted molar refractivity (Wildman–Crippen MR) is 151 cm³/mol. The number of hydrogen-bond donors (Lipinski definition) is 0. The number of nitrogens with zero attached hydrogens (tertiary/aromatic N) is 4. The zero-order valence-electron chi connectivity index (χ0n) is 20.7. The van der Waals surface area contributed by atoms with Crippen molar-refractivity contribution in [1.29, 1.82) is 0 Å². The van der Waals surface area contributed by atoms with Crippen LogP contribution < -0.4 is 0 Å². The summed E-state index contributed by atoms with van der Waals surface area (Å²) in [6.45, 7) is 3.56. The van der Waals surface area contributed by atoms with Crippen molar-refractivity contribution in [2.75, 3.05) is 33.2 Å². The lowest BCUT2D eigenvalue weighted by Gasteiger charge is -2.30. The smallest absolute Gasteiger partial charge is 0.268 e. The average molecular weight is 509 g/mol. The molecule has 5 aromatic rings. The Bertz CT molecular complexity index is 1720. The van der Waals surface area contributed by atoms with E-state index in [0.717, 1.165) is 53.5 Å². The van der Waals surface area contributed by atoms with Gasteiger partial charge in [0.2, 0.25) is 0 Å². The molecule has 0 bridgehead atoms. The molecule has 37 heavy (non-hydrogen) atoms. The molecule has 2 heterocycles. The van der Waals surface area contributed by atoms with E-state index in [1.807, 2.05) is 91.1 Å². The topological polar surface area (TPSA) is 57.9 Å². The molecule has 1 fully saturated rings. The number of likely N-dealkylation sites (N-methyl/N-ethyl adjacent to an activating group) is 1. The molecule has 6 nitrogen and oxygen atoms in total. The van der Waals surface area contributed by atoms with E-state index in [9.17, 15) is 8.42 Å². The zero-order valence-corrected chi connectivity index (χ0v) is 21.5. The highest BCUT2D eigenvalue weighted by Crippen LogP contribution is 2.36. The third kappa shape index (κ3) is 4.30. The van der Waals surface area contributed by atoms with E-state index in [0.29, 0.717) is 11.2 Å². The predicted octanol–water partition coefficient (Wildman–Crippen LogP) is 5.28. The Balaban J connectivity index is 1.59. The molecule has 0 amide bonds. The molecule has 0 saturated carbocycles. The van der Waals surface area contributed by atoms with Gasteiger partial charge in [0.25, 0.3) is 10.0 Å². The summed E-state index contributed by atoms with van der Waals surface area (Å²) in [5.41, 5.74) is 2.87. The summed E-state index contributed by atoms with van der Waals surface area (Å²) in [5, 5.41) is 9.60. The van der Waals surface area contributed by atoms with Gasteiger partial charge in [0, 0.05) is 37.1 Å². The molecule has 0 N–H and O–H groups in total. The van der Waals surface area contributed by atoms with Gasteiger partial charge in [0.15, 0.2) is 0 Å². The maximum atomic E-state index is 14.3. The second kappa shape index (κ2) is 9.50. The van der Waals surface area contributed by atoms with Crippen LogP contribution in [0.5, 0.6) is 0 Å². The fraction of sp³-hybridized carbons (Fsp3) is 0.167. The standard InChI is InChI=1S/C30H28N4O2S/c1-32-17-19-33(20-18-32)31-22-28-27-13-7-8-14-29(27)34(30(28)24-10-3-2-4-11-24)37(35,36)26-16-15-23-9-5-6-12-25(23)21-26/h2-16,21-22H,17-20H2,1H3. The maximum Gasteiger partial charge on any atom is 0.268 e. The lowest BCUT2D eigenvalue weighted by atomic mass is 10.1. The molecular weight excluding hydrogens is 480 g/mol. The van der Waals surface area contributed by atoms with Gasteiger partial charge in [0.05, 0.1) is 22.3 Å². The minimum absolute atomic E-state index is 0.256. The molecule has 0 atom stereocenters. The molecule has 4 aromatic carbocycles. The summed E-state index contributed by atoms with van der Waals surface area (Å²) in [6.07, 6.45) is 1.84. The quantitative estimate of drug-likeness (QED) is 0.303. The van der Waals surface area contributed by atoms with Crippen molar-refractivity contribution in [1.82, 2.24) is 13.9 Å². The Morgan fingerprint density at radius 3 is 2.22 bits per heavy atom. The van der Waals surface area contributed by atoms with Gasteiger partial charge in [-0.3, -0.25) is 5.01 Å². The first-order chi connectivity index (χ1) is 18.0. The normalized spacial score (nSPS) is 15.2. The molecule has 7 heteroatoms. The van der Waals surface area contributed by atoms with Gasteiger partial charge in [0.1, 0.15) is 0 Å². The number of hydrogen-bond acceptors (Lipinski definition) is 5. The highest BCUT2D eigenvalue weighted by Gasteiger charge is 2.27. The van der Waals surface area contributed by atoms with Gasteiger partial charge >= 0.3 is 0 Å². The van der Waals surface area contributed by atoms with E-state index in [1.165, 1.54) is 3.97 Å². The second-order valence-corrected chi connectivity index (χ2v) is 11.2. The van der Waals surface area contributed by atoms with Crippen molar-refractivity contribution in [2.45, 2.75) is 4.90 Å². The molecule has 1 aliphatic rings. The average Bonchev–Trinajstić information content (AvgIpc) is 3.28. The number of aromatic nitrogens is 1. The first kappa shape index (κ1) is 23.5. The number of fused-ring (bicyclic) bond motifs is 2. The van der Waals surface area contributed by atoms with E-state index < -0.39 is 10.0 Å². The number of piperazine rings is 1. The highest BCUT2D eigenvalue weighted by atomic mass is 32.2. The largest absolute Gasteiger partial charge is 0.303 e. The van der Waals surface area contributed by atoms with E-state index in [4.69, 9.17) is 5.10 Å². The fourth-order valence-electron chi connectivity index (χ4n) is 4.97. The Morgan fingerprint density at radius 2 is 1.43 bits per heavy atom. The van der Waals surface area contributed by atoms with E-state index in [2.05, 4.69) is 17.0 Å². The van der Waals surface area contributed by atoms with E-state index >= 15 is 0 Å². The van der Waals surface area contributed by atoms with Crippen molar-refractivity contribution in [3.63, 3.8) is 0 Å². The molecule has 1 aliphatic heterocycles. The first-order valence-electron chi connectivity index (χ1n) is 12.4. The summed E-state index contributed by atoms with van der Waals surface area (Å²) >= 11 is 0. The third-order valence-corrected chi connectivity index (χ3v) is 8.72. The lowest BCUT2D eigenvalue weighted by molar-refractivity contribution is 0.159. The van der Waals surface area contributed by atoms with Crippen molar-refractivity contribution in [3.8, 4) is 11.3 Å². The molecular formula is C30H28N4O2S. The molecule has 1 saturated heterocycles. The van der Waals surface area contributed by atoms with Gasteiger partial charge in [-0.2, -0.15) is 5.10 Å². The molecule has 0 spiro atoms. The summed E-state index contributed by atoms with van der Waals surface area (Å²) < 4.78 is 30.2. The molecule has 6 rings (SSSR count). The van der Waals surface area contributed by atoms with Gasteiger partial charge < -0.3 is 4.90 Å². The summed E-state index contributed by atoms with van der Waals surface area (Å²) in [5.74, 6) is 0. The minimum Gasteiger partial charge on any atom is -0.303 e. The molecule has 186 valence electrons. The van der Waals surface area contributed by atoms with Crippen LogP contribution in [0.15, 0.2) is 107 Å². The van der Waals surface area contributed by atoms with Crippen molar-refractivity contribution < 1.29 is 8.42 Å². The number of rotatable bonds is 5. The van der Waals surface area contributed by atoms with Crippen molar-refractivity contribution in [2.24, 2.45) is 5.10 Å². The Hall–Kier alpha value is -3.94. The van der Waals surface area contributed by atoms with Crippen LogP contribution in [-0.2, 0) is 10.0 Å². The Labute approximate surface area is 217 Å². The van der Waals surface area contributed by atoms with Crippen LogP contribution in [0.1, 0.15) is 5.56 Å². The maximum absolute atomic E-state index is 14.3. The molecule has 1 aromatic heterocycles. The van der Waals surface area contributed by atoms with Crippen molar-refractivity contribution in [3.05, 3.63) is 103 Å². The first-order valence-corrected chi connectivity index (χ1v) is 13.9. The van der Waals surface area contributed by atoms with Gasteiger partial charge in [-0.05, 0) is 41.6 Å². The number of para-hydroxylation sites is 1. The summed E-state index contributed by atoms with van der Waals surface area (Å²) in [6, 6.07) is 30.5. The van der Waals surface area contributed by atoms with E-state index in [-0.39, 0.29) is 4.90 Å². The van der Waals surface area contributed by atoms with Crippen LogP contribution in [0, 0.1) is 0 Å². The SMILES string of the molecule is CN1CCN(N=Cc2c(-c3ccccc3)n(S(=O)(=O)c3ccc4ccccc4c3)c3ccccc23)CC1. The Kier molecular flexibility index (Phi) is 6.02. The molecule has 0 radical (unpaired) electrons. The van der Waals surface area contributed by atoms with Crippen LogP contribution in [0.25, 0.3) is 32.9 Å². The monoisotopic (exact) mass is 508 g/mol. The molecule has 0 aliphatic carbocycles. The second-order valence-electron chi connectivity index (χ2n) is 9.43. The lowest BCUT2D eigenvalue weighted by Crippen LogP contribution is -2.41. The summed E-state index contributed by atoms with van der Waals surface area (Å²) in [4.78, 5) is 2.54. The van der Waals surface area contributed by atoms with Crippen LogP contribution in [0.3, 0.4) is 0 Å². The minimum atomic E-state index is -3.93. The van der Waals surface area contributed by atoms with Crippen LogP contribution in [0.2, 0.25) is 0 Å². The van der Waals surface area contributed by atoms with Gasteiger partial charge in [-0.15, -0.1) is 0 Å².